The Morgan fingerprint density at radius 1 is 1.12 bits per heavy atom. The van der Waals surface area contributed by atoms with Crippen LogP contribution in [0.5, 0.6) is 0 Å². The van der Waals surface area contributed by atoms with Crippen molar-refractivity contribution in [3.63, 3.8) is 0 Å². The van der Waals surface area contributed by atoms with Crippen LogP contribution in [-0.4, -0.2) is 34.3 Å². The third-order valence-corrected chi connectivity index (χ3v) is 4.02. The molecule has 1 amide bonds. The van der Waals surface area contributed by atoms with Crippen molar-refractivity contribution in [2.45, 2.75) is 12.3 Å². The second-order valence-electron chi connectivity index (χ2n) is 5.66. The largest absolute Gasteiger partial charge is 0.396 e. The van der Waals surface area contributed by atoms with E-state index < -0.39 is 0 Å². The van der Waals surface area contributed by atoms with Crippen molar-refractivity contribution in [3.8, 4) is 11.4 Å². The van der Waals surface area contributed by atoms with Crippen LogP contribution < -0.4 is 5.32 Å². The lowest BCUT2D eigenvalue weighted by molar-refractivity contribution is 0.0949. The highest BCUT2D eigenvalue weighted by molar-refractivity contribution is 5.94. The number of nitrogens with zero attached hydrogens (tertiary/aromatic N) is 2. The van der Waals surface area contributed by atoms with Gasteiger partial charge in [-0.3, -0.25) is 4.79 Å². The van der Waals surface area contributed by atoms with Crippen molar-refractivity contribution >= 4 is 5.91 Å². The van der Waals surface area contributed by atoms with Gasteiger partial charge in [0, 0.05) is 30.2 Å². The number of amides is 1. The van der Waals surface area contributed by atoms with Gasteiger partial charge in [0.2, 0.25) is 12.2 Å². The minimum Gasteiger partial charge on any atom is -0.396 e. The number of rotatable bonds is 7. The molecule has 0 radical (unpaired) electrons. The topological polar surface area (TPSA) is 88.2 Å². The molecule has 2 N–H and O–H groups in total. The maximum atomic E-state index is 12.4. The Morgan fingerprint density at radius 2 is 1.88 bits per heavy atom. The van der Waals surface area contributed by atoms with E-state index in [2.05, 4.69) is 15.5 Å². The van der Waals surface area contributed by atoms with Crippen molar-refractivity contribution in [3.05, 3.63) is 72.1 Å². The average Bonchev–Trinajstić information content (AvgIpc) is 3.20. The van der Waals surface area contributed by atoms with Gasteiger partial charge >= 0.3 is 0 Å². The highest BCUT2D eigenvalue weighted by Crippen LogP contribution is 2.19. The van der Waals surface area contributed by atoms with E-state index in [-0.39, 0.29) is 18.4 Å². The molecule has 3 rings (SSSR count). The van der Waals surface area contributed by atoms with Crippen LogP contribution in [0.1, 0.15) is 28.3 Å². The molecule has 0 saturated carbocycles. The van der Waals surface area contributed by atoms with Gasteiger partial charge in [-0.2, -0.15) is 4.98 Å². The van der Waals surface area contributed by atoms with Gasteiger partial charge in [0.15, 0.2) is 0 Å². The molecule has 3 aromatic rings. The lowest BCUT2D eigenvalue weighted by atomic mass is 9.96. The van der Waals surface area contributed by atoms with Gasteiger partial charge in [0.25, 0.3) is 5.91 Å². The summed E-state index contributed by atoms with van der Waals surface area (Å²) in [6.07, 6.45) is 1.86. The van der Waals surface area contributed by atoms with Crippen molar-refractivity contribution in [2.75, 3.05) is 13.2 Å². The van der Waals surface area contributed by atoms with E-state index in [9.17, 15) is 9.90 Å². The Labute approximate surface area is 145 Å². The van der Waals surface area contributed by atoms with E-state index >= 15 is 0 Å². The number of carbonyl (C=O) groups excluding carboxylic acids is 1. The summed E-state index contributed by atoms with van der Waals surface area (Å²) in [5, 5.41) is 16.0. The summed E-state index contributed by atoms with van der Waals surface area (Å²) in [7, 11) is 0. The van der Waals surface area contributed by atoms with Crippen LogP contribution in [-0.2, 0) is 0 Å². The fourth-order valence-corrected chi connectivity index (χ4v) is 2.65. The van der Waals surface area contributed by atoms with Gasteiger partial charge in [-0.25, -0.2) is 0 Å². The standard InChI is InChI=1S/C19H19N3O3/c23-11-10-17(14-4-2-1-3-5-14)12-20-19(24)16-8-6-15(7-9-16)18-21-13-25-22-18/h1-9,13,17,23H,10-12H2,(H,20,24). The lowest BCUT2D eigenvalue weighted by Crippen LogP contribution is -2.28. The number of aliphatic hydroxyl groups is 1. The third-order valence-electron chi connectivity index (χ3n) is 4.02. The van der Waals surface area contributed by atoms with Gasteiger partial charge in [-0.15, -0.1) is 0 Å². The molecule has 6 nitrogen and oxygen atoms in total. The lowest BCUT2D eigenvalue weighted by Gasteiger charge is -2.17. The number of hydrogen-bond acceptors (Lipinski definition) is 5. The minimum absolute atomic E-state index is 0.0775. The normalized spacial score (nSPS) is 11.9. The molecule has 0 aliphatic heterocycles. The van der Waals surface area contributed by atoms with E-state index in [0.717, 1.165) is 11.1 Å². The zero-order valence-electron chi connectivity index (χ0n) is 13.6. The predicted octanol–water partition coefficient (Wildman–Crippen LogP) is 2.63. The van der Waals surface area contributed by atoms with E-state index in [0.29, 0.717) is 24.4 Å². The predicted molar refractivity (Wildman–Crippen MR) is 93.0 cm³/mol. The van der Waals surface area contributed by atoms with Crippen LogP contribution in [0.15, 0.2) is 65.5 Å². The maximum Gasteiger partial charge on any atom is 0.251 e. The number of hydrogen-bond donors (Lipinski definition) is 2. The van der Waals surface area contributed by atoms with Crippen molar-refractivity contribution < 1.29 is 14.4 Å². The Bertz CT molecular complexity index is 787. The minimum atomic E-state index is -0.154. The Hall–Kier alpha value is -2.99. The van der Waals surface area contributed by atoms with Crippen molar-refractivity contribution in [2.24, 2.45) is 0 Å². The van der Waals surface area contributed by atoms with Crippen LogP contribution in [0.4, 0.5) is 0 Å². The van der Waals surface area contributed by atoms with E-state index in [1.165, 1.54) is 6.39 Å². The van der Waals surface area contributed by atoms with Crippen molar-refractivity contribution in [1.29, 1.82) is 0 Å². The molecule has 0 bridgehead atoms. The maximum absolute atomic E-state index is 12.4. The smallest absolute Gasteiger partial charge is 0.251 e. The first-order valence-corrected chi connectivity index (χ1v) is 8.08. The summed E-state index contributed by atoms with van der Waals surface area (Å²) in [5.74, 6) is 0.409. The molecule has 6 heteroatoms. The number of aromatic nitrogens is 2. The molecule has 0 spiro atoms. The molecule has 1 aromatic heterocycles. The summed E-state index contributed by atoms with van der Waals surface area (Å²) in [4.78, 5) is 16.3. The first-order chi connectivity index (χ1) is 12.3. The van der Waals surface area contributed by atoms with Crippen LogP contribution in [0, 0.1) is 0 Å². The molecule has 0 aliphatic rings. The molecule has 0 saturated heterocycles. The van der Waals surface area contributed by atoms with Gasteiger partial charge in [0.05, 0.1) is 0 Å². The first-order valence-electron chi connectivity index (χ1n) is 8.08. The monoisotopic (exact) mass is 337 g/mol. The summed E-state index contributed by atoms with van der Waals surface area (Å²) < 4.78 is 4.72. The van der Waals surface area contributed by atoms with Crippen LogP contribution in [0.2, 0.25) is 0 Å². The van der Waals surface area contributed by atoms with Crippen molar-refractivity contribution in [1.82, 2.24) is 15.5 Å². The van der Waals surface area contributed by atoms with Gasteiger partial charge in [-0.1, -0.05) is 47.6 Å². The van der Waals surface area contributed by atoms with Crippen LogP contribution in [0.25, 0.3) is 11.4 Å². The number of carbonyl (C=O) groups is 1. The average molecular weight is 337 g/mol. The summed E-state index contributed by atoms with van der Waals surface area (Å²) in [5.41, 5.74) is 2.44. The zero-order valence-corrected chi connectivity index (χ0v) is 13.6. The second kappa shape index (κ2) is 8.21. The molecule has 1 unspecified atom stereocenters. The first kappa shape index (κ1) is 16.9. The Kier molecular flexibility index (Phi) is 5.53. The third kappa shape index (κ3) is 4.30. The van der Waals surface area contributed by atoms with Gasteiger partial charge in [0.1, 0.15) is 0 Å². The fraction of sp³-hybridized carbons (Fsp3) is 0.211. The second-order valence-corrected chi connectivity index (χ2v) is 5.66. The van der Waals surface area contributed by atoms with E-state index in [4.69, 9.17) is 4.52 Å². The molecule has 0 aliphatic carbocycles. The van der Waals surface area contributed by atoms with Crippen LogP contribution in [0.3, 0.4) is 0 Å². The zero-order chi connectivity index (χ0) is 17.5. The highest BCUT2D eigenvalue weighted by atomic mass is 16.5. The van der Waals surface area contributed by atoms with E-state index in [1.54, 1.807) is 24.3 Å². The summed E-state index contributed by atoms with van der Waals surface area (Å²) >= 11 is 0. The summed E-state index contributed by atoms with van der Waals surface area (Å²) in [6, 6.07) is 16.9. The number of aliphatic hydroxyl groups excluding tert-OH is 1. The van der Waals surface area contributed by atoms with Crippen LogP contribution >= 0.6 is 0 Å². The summed E-state index contributed by atoms with van der Waals surface area (Å²) in [6.45, 7) is 0.546. The molecule has 1 heterocycles. The SMILES string of the molecule is O=C(NCC(CCO)c1ccccc1)c1ccc(-c2ncon2)cc1. The molecule has 2 aromatic carbocycles. The number of benzene rings is 2. The Balaban J connectivity index is 1.63. The Morgan fingerprint density at radius 3 is 2.52 bits per heavy atom. The quantitative estimate of drug-likeness (QED) is 0.692. The molecule has 25 heavy (non-hydrogen) atoms. The van der Waals surface area contributed by atoms with E-state index in [1.807, 2.05) is 30.3 Å². The molecular weight excluding hydrogens is 318 g/mol. The van der Waals surface area contributed by atoms with Gasteiger partial charge < -0.3 is 14.9 Å². The number of nitrogens with one attached hydrogen (secondary N) is 1. The molecule has 128 valence electrons. The molecular formula is C19H19N3O3. The molecule has 1 atom stereocenters. The highest BCUT2D eigenvalue weighted by Gasteiger charge is 2.13. The molecule has 0 fully saturated rings. The van der Waals surface area contributed by atoms with Gasteiger partial charge in [-0.05, 0) is 24.1 Å². The fourth-order valence-electron chi connectivity index (χ4n) is 2.65.